The fraction of sp³-hybridized carbons (Fsp3) is 0.176. The van der Waals surface area contributed by atoms with Crippen molar-refractivity contribution in [3.05, 3.63) is 60.0 Å². The van der Waals surface area contributed by atoms with Crippen LogP contribution in [0.3, 0.4) is 0 Å². The van der Waals surface area contributed by atoms with Crippen LogP contribution in [-0.4, -0.2) is 17.3 Å². The van der Waals surface area contributed by atoms with Gasteiger partial charge in [-0.25, -0.2) is 0 Å². The summed E-state index contributed by atoms with van der Waals surface area (Å²) in [6.07, 6.45) is 0. The first-order chi connectivity index (χ1) is 10.8. The summed E-state index contributed by atoms with van der Waals surface area (Å²) < 4.78 is 10.6. The summed E-state index contributed by atoms with van der Waals surface area (Å²) in [6.45, 7) is 2.08. The molecule has 4 nitrogen and oxygen atoms in total. The van der Waals surface area contributed by atoms with Crippen molar-refractivity contribution in [2.45, 2.75) is 17.6 Å². The van der Waals surface area contributed by atoms with Gasteiger partial charge in [-0.15, -0.1) is 11.8 Å². The Morgan fingerprint density at radius 3 is 2.64 bits per heavy atom. The molecule has 22 heavy (non-hydrogen) atoms. The minimum absolute atomic E-state index is 0.553. The van der Waals surface area contributed by atoms with E-state index in [0.717, 1.165) is 11.3 Å². The molecule has 0 aliphatic rings. The van der Waals surface area contributed by atoms with Gasteiger partial charge < -0.3 is 9.26 Å². The van der Waals surface area contributed by atoms with Crippen LogP contribution in [-0.2, 0) is 5.75 Å². The third-order valence-electron chi connectivity index (χ3n) is 3.20. The van der Waals surface area contributed by atoms with Gasteiger partial charge >= 0.3 is 0 Å². The van der Waals surface area contributed by atoms with E-state index >= 15 is 0 Å². The molecule has 0 fully saturated rings. The second-order valence-electron chi connectivity index (χ2n) is 4.81. The van der Waals surface area contributed by atoms with Gasteiger partial charge in [0.05, 0.1) is 18.4 Å². The van der Waals surface area contributed by atoms with Crippen molar-refractivity contribution in [1.82, 2.24) is 10.1 Å². The van der Waals surface area contributed by atoms with Crippen LogP contribution in [0.1, 0.15) is 11.5 Å². The van der Waals surface area contributed by atoms with E-state index in [2.05, 4.69) is 41.3 Å². The zero-order chi connectivity index (χ0) is 15.4. The first kappa shape index (κ1) is 14.7. The number of hydrogen-bond donors (Lipinski definition) is 0. The first-order valence-corrected chi connectivity index (χ1v) is 7.90. The van der Waals surface area contributed by atoms with Crippen LogP contribution in [0.5, 0.6) is 5.75 Å². The zero-order valence-corrected chi connectivity index (χ0v) is 13.3. The van der Waals surface area contributed by atoms with Crippen molar-refractivity contribution < 1.29 is 9.26 Å². The van der Waals surface area contributed by atoms with Crippen molar-refractivity contribution in [2.75, 3.05) is 7.11 Å². The topological polar surface area (TPSA) is 48.2 Å². The molecule has 3 rings (SSSR count). The zero-order valence-electron chi connectivity index (χ0n) is 12.4. The molecule has 2 aromatic carbocycles. The summed E-state index contributed by atoms with van der Waals surface area (Å²) in [5.41, 5.74) is 2.08. The Kier molecular flexibility index (Phi) is 4.44. The third-order valence-corrected chi connectivity index (χ3v) is 4.20. The number of nitrogens with zero attached hydrogens (tertiary/aromatic N) is 2. The van der Waals surface area contributed by atoms with E-state index in [1.54, 1.807) is 18.9 Å². The highest BCUT2D eigenvalue weighted by atomic mass is 32.2. The summed E-state index contributed by atoms with van der Waals surface area (Å²) in [5, 5.41) is 4.04. The summed E-state index contributed by atoms with van der Waals surface area (Å²) in [4.78, 5) is 5.63. The molecule has 5 heteroatoms. The average Bonchev–Trinajstić information content (AvgIpc) is 3.03. The number of ether oxygens (including phenoxy) is 1. The molecule has 0 aliphatic heterocycles. The predicted octanol–water partition coefficient (Wildman–Crippen LogP) is 4.35. The van der Waals surface area contributed by atoms with E-state index in [1.165, 1.54) is 10.5 Å². The molecule has 1 aromatic heterocycles. The van der Waals surface area contributed by atoms with Gasteiger partial charge in [-0.3, -0.25) is 0 Å². The largest absolute Gasteiger partial charge is 0.496 e. The van der Waals surface area contributed by atoms with Gasteiger partial charge in [-0.1, -0.05) is 35.0 Å². The van der Waals surface area contributed by atoms with Crippen molar-refractivity contribution in [2.24, 2.45) is 0 Å². The number of para-hydroxylation sites is 1. The lowest BCUT2D eigenvalue weighted by Gasteiger charge is -2.03. The van der Waals surface area contributed by atoms with Gasteiger partial charge in [0.2, 0.25) is 11.7 Å². The Morgan fingerprint density at radius 1 is 1.09 bits per heavy atom. The molecule has 0 N–H and O–H groups in total. The molecular weight excluding hydrogens is 296 g/mol. The number of benzene rings is 2. The van der Waals surface area contributed by atoms with Gasteiger partial charge in [0.15, 0.2) is 0 Å². The lowest BCUT2D eigenvalue weighted by Crippen LogP contribution is -1.89. The predicted molar refractivity (Wildman–Crippen MR) is 87.0 cm³/mol. The summed E-state index contributed by atoms with van der Waals surface area (Å²) in [5.74, 6) is 2.54. The molecule has 0 spiro atoms. The van der Waals surface area contributed by atoms with E-state index in [9.17, 15) is 0 Å². The Morgan fingerprint density at radius 2 is 1.86 bits per heavy atom. The molecule has 0 bridgehead atoms. The first-order valence-electron chi connectivity index (χ1n) is 6.91. The molecule has 3 aromatic rings. The fourth-order valence-electron chi connectivity index (χ4n) is 2.03. The molecular formula is C17H16N2O2S. The standard InChI is InChI=1S/C17H16N2O2S/c1-12-7-9-13(10-8-12)22-11-16-18-17(19-21-16)14-5-3-4-6-15(14)20-2/h3-10H,11H2,1-2H3. The number of aromatic nitrogens is 2. The maximum absolute atomic E-state index is 5.33. The van der Waals surface area contributed by atoms with Crippen LogP contribution >= 0.6 is 11.8 Å². The van der Waals surface area contributed by atoms with Crippen molar-refractivity contribution >= 4 is 11.8 Å². The minimum atomic E-state index is 0.553. The molecule has 0 amide bonds. The number of hydrogen-bond acceptors (Lipinski definition) is 5. The van der Waals surface area contributed by atoms with E-state index in [4.69, 9.17) is 9.26 Å². The summed E-state index contributed by atoms with van der Waals surface area (Å²) >= 11 is 1.67. The second-order valence-corrected chi connectivity index (χ2v) is 5.86. The minimum Gasteiger partial charge on any atom is -0.496 e. The molecule has 112 valence electrons. The van der Waals surface area contributed by atoms with E-state index in [1.807, 2.05) is 24.3 Å². The quantitative estimate of drug-likeness (QED) is 0.656. The van der Waals surface area contributed by atoms with Gasteiger partial charge in [0, 0.05) is 4.90 Å². The second kappa shape index (κ2) is 6.66. The third kappa shape index (κ3) is 3.31. The fourth-order valence-corrected chi connectivity index (χ4v) is 2.77. The number of rotatable bonds is 5. The maximum atomic E-state index is 5.33. The Bertz CT molecular complexity index is 753. The highest BCUT2D eigenvalue weighted by molar-refractivity contribution is 7.98. The van der Waals surface area contributed by atoms with Gasteiger partial charge in [0.25, 0.3) is 0 Å². The molecule has 0 saturated carbocycles. The Balaban J connectivity index is 1.72. The Hall–Kier alpha value is -2.27. The Labute approximate surface area is 133 Å². The summed E-state index contributed by atoms with van der Waals surface area (Å²) in [6, 6.07) is 16.0. The smallest absolute Gasteiger partial charge is 0.237 e. The van der Waals surface area contributed by atoms with Crippen LogP contribution < -0.4 is 4.74 Å². The SMILES string of the molecule is COc1ccccc1-c1noc(CSc2ccc(C)cc2)n1. The number of methoxy groups -OCH3 is 1. The van der Waals surface area contributed by atoms with Crippen LogP contribution in [0.15, 0.2) is 57.9 Å². The summed E-state index contributed by atoms with van der Waals surface area (Å²) in [7, 11) is 1.63. The molecule has 0 radical (unpaired) electrons. The highest BCUT2D eigenvalue weighted by Gasteiger charge is 2.12. The molecule has 0 unspecified atom stereocenters. The highest BCUT2D eigenvalue weighted by Crippen LogP contribution is 2.28. The van der Waals surface area contributed by atoms with E-state index in [-0.39, 0.29) is 0 Å². The van der Waals surface area contributed by atoms with E-state index < -0.39 is 0 Å². The maximum Gasteiger partial charge on any atom is 0.237 e. The van der Waals surface area contributed by atoms with Crippen LogP contribution in [0.2, 0.25) is 0 Å². The lowest BCUT2D eigenvalue weighted by molar-refractivity contribution is 0.390. The monoisotopic (exact) mass is 312 g/mol. The van der Waals surface area contributed by atoms with Crippen LogP contribution in [0.25, 0.3) is 11.4 Å². The average molecular weight is 312 g/mol. The van der Waals surface area contributed by atoms with Gasteiger partial charge in [-0.05, 0) is 31.2 Å². The van der Waals surface area contributed by atoms with Crippen molar-refractivity contribution in [3.63, 3.8) is 0 Å². The molecule has 0 atom stereocenters. The van der Waals surface area contributed by atoms with E-state index in [0.29, 0.717) is 17.5 Å². The van der Waals surface area contributed by atoms with Crippen LogP contribution in [0, 0.1) is 6.92 Å². The normalized spacial score (nSPS) is 10.6. The van der Waals surface area contributed by atoms with Crippen LogP contribution in [0.4, 0.5) is 0 Å². The number of thioether (sulfide) groups is 1. The van der Waals surface area contributed by atoms with Gasteiger partial charge in [0.1, 0.15) is 5.75 Å². The molecule has 0 aliphatic carbocycles. The molecule has 1 heterocycles. The van der Waals surface area contributed by atoms with Gasteiger partial charge in [-0.2, -0.15) is 4.98 Å². The lowest BCUT2D eigenvalue weighted by atomic mass is 10.2. The van der Waals surface area contributed by atoms with Crippen molar-refractivity contribution in [1.29, 1.82) is 0 Å². The molecule has 0 saturated heterocycles. The number of aryl methyl sites for hydroxylation is 1. The van der Waals surface area contributed by atoms with Crippen molar-refractivity contribution in [3.8, 4) is 17.1 Å².